The maximum absolute atomic E-state index is 12.8. The summed E-state index contributed by atoms with van der Waals surface area (Å²) in [5.41, 5.74) is 1.12. The number of benzene rings is 4. The zero-order valence-electron chi connectivity index (χ0n) is 33.4. The van der Waals surface area contributed by atoms with Crippen molar-refractivity contribution >= 4 is 40.3 Å². The molecule has 2 aliphatic rings. The third-order valence-corrected chi connectivity index (χ3v) is 12.1. The van der Waals surface area contributed by atoms with Crippen LogP contribution < -0.4 is 33.2 Å². The molecule has 318 valence electrons. The van der Waals surface area contributed by atoms with Gasteiger partial charge in [-0.25, -0.2) is 19.2 Å². The molecule has 0 saturated carbocycles. The van der Waals surface area contributed by atoms with Gasteiger partial charge in [-0.1, -0.05) is 12.1 Å². The summed E-state index contributed by atoms with van der Waals surface area (Å²) in [5.74, 6) is 1.44. The van der Waals surface area contributed by atoms with Crippen molar-refractivity contribution in [2.45, 2.75) is 37.9 Å². The summed E-state index contributed by atoms with van der Waals surface area (Å²) in [5, 5.41) is 1.53. The highest BCUT2D eigenvalue weighted by atomic mass is 31.0. The minimum atomic E-state index is -0.535. The molecule has 15 heteroatoms. The highest BCUT2D eigenvalue weighted by Gasteiger charge is 2.24. The Morgan fingerprint density at radius 3 is 1.10 bits per heavy atom. The van der Waals surface area contributed by atoms with E-state index in [1.807, 2.05) is 12.1 Å². The molecule has 0 bridgehead atoms. The molecule has 4 atom stereocenters. The fourth-order valence-corrected chi connectivity index (χ4v) is 7.81. The summed E-state index contributed by atoms with van der Waals surface area (Å²) in [4.78, 5) is 51.0. The molecule has 62 heavy (non-hydrogen) atoms. The number of unbranched alkanes of at least 4 members (excludes halogenated alkanes) is 2. The number of carbonyl (C=O) groups excluding carboxylic acids is 4. The Hall–Kier alpha value is -6.36. The third kappa shape index (κ3) is 12.6. The van der Waals surface area contributed by atoms with Crippen molar-refractivity contribution in [3.63, 3.8) is 0 Å². The van der Waals surface area contributed by atoms with Gasteiger partial charge in [0, 0.05) is 0 Å². The Morgan fingerprint density at radius 1 is 0.419 bits per heavy atom. The van der Waals surface area contributed by atoms with Gasteiger partial charge in [-0.3, -0.25) is 0 Å². The monoisotopic (exact) mass is 876 g/mol. The highest BCUT2D eigenvalue weighted by molar-refractivity contribution is 7.35. The number of aryl methyl sites for hydroxylation is 1. The van der Waals surface area contributed by atoms with Crippen molar-refractivity contribution in [3.8, 4) is 40.2 Å². The van der Waals surface area contributed by atoms with Crippen molar-refractivity contribution in [1.29, 1.82) is 0 Å². The molecule has 4 aromatic carbocycles. The average Bonchev–Trinajstić information content (AvgIpc) is 4.20. The summed E-state index contributed by atoms with van der Waals surface area (Å²) in [6.45, 7) is 2.93. The van der Waals surface area contributed by atoms with Gasteiger partial charge in [0.25, 0.3) is 0 Å². The lowest BCUT2D eigenvalue weighted by Gasteiger charge is -2.08. The summed E-state index contributed by atoms with van der Waals surface area (Å²) in [6, 6.07) is 34.1. The van der Waals surface area contributed by atoms with Crippen LogP contribution in [0.5, 0.6) is 40.2 Å². The average molecular weight is 877 g/mol. The van der Waals surface area contributed by atoms with Gasteiger partial charge in [-0.05, 0) is 140 Å². The second-order valence-corrected chi connectivity index (χ2v) is 17.0. The molecule has 0 aliphatic carbocycles. The molecule has 2 aliphatic heterocycles. The summed E-state index contributed by atoms with van der Waals surface area (Å²) >= 11 is 0. The second-order valence-electron chi connectivity index (χ2n) is 14.4. The summed E-state index contributed by atoms with van der Waals surface area (Å²) < 4.78 is 49.4. The molecular formula is C47H42O13P2. The quantitative estimate of drug-likeness (QED) is 0.0292. The molecule has 0 amide bonds. The molecule has 2 fully saturated rings. The third-order valence-electron chi connectivity index (χ3n) is 9.54. The van der Waals surface area contributed by atoms with E-state index in [0.717, 1.165) is 31.2 Å². The van der Waals surface area contributed by atoms with E-state index in [9.17, 15) is 19.2 Å². The van der Waals surface area contributed by atoms with Gasteiger partial charge in [0.15, 0.2) is 0 Å². The van der Waals surface area contributed by atoms with Crippen LogP contribution in [0.4, 0.5) is 0 Å². The second kappa shape index (κ2) is 20.5. The van der Waals surface area contributed by atoms with Gasteiger partial charge in [-0.2, -0.15) is 0 Å². The van der Waals surface area contributed by atoms with Crippen LogP contribution in [0.3, 0.4) is 0 Å². The van der Waals surface area contributed by atoms with Crippen LogP contribution in [-0.2, 0) is 15.9 Å². The van der Waals surface area contributed by atoms with E-state index in [0.29, 0.717) is 94.5 Å². The van der Waals surface area contributed by atoms with Crippen LogP contribution in [-0.4, -0.2) is 69.1 Å². The van der Waals surface area contributed by atoms with E-state index < -0.39 is 23.9 Å². The molecule has 0 radical (unpaired) electrons. The minimum Gasteiger partial charge on any atom is -0.494 e. The number of hydrogen-bond acceptors (Lipinski definition) is 13. The minimum absolute atomic E-state index is 0.149. The number of esters is 4. The number of ether oxygens (including phenoxy) is 9. The molecule has 2 saturated heterocycles. The smallest absolute Gasteiger partial charge is 0.347 e. The van der Waals surface area contributed by atoms with Gasteiger partial charge >= 0.3 is 23.9 Å². The Labute approximate surface area is 360 Å². The Kier molecular flexibility index (Phi) is 14.0. The van der Waals surface area contributed by atoms with E-state index in [2.05, 4.69) is 0 Å². The van der Waals surface area contributed by atoms with Gasteiger partial charge in [0.2, 0.25) is 0 Å². The maximum atomic E-state index is 12.8. The topological polar surface area (TPSA) is 158 Å². The number of rotatable bonds is 21. The lowest BCUT2D eigenvalue weighted by atomic mass is 10.1. The predicted octanol–water partition coefficient (Wildman–Crippen LogP) is 8.97. The predicted molar refractivity (Wildman–Crippen MR) is 231 cm³/mol. The van der Waals surface area contributed by atoms with E-state index in [-0.39, 0.29) is 28.6 Å². The van der Waals surface area contributed by atoms with Gasteiger partial charge in [-0.15, -0.1) is 16.4 Å². The Morgan fingerprint density at radius 2 is 0.742 bits per heavy atom. The van der Waals surface area contributed by atoms with Crippen molar-refractivity contribution in [2.75, 3.05) is 33.0 Å². The molecule has 4 heterocycles. The highest BCUT2D eigenvalue weighted by Crippen LogP contribution is 2.29. The summed E-state index contributed by atoms with van der Waals surface area (Å²) in [6.07, 6.45) is 3.92. The first-order valence-corrected chi connectivity index (χ1v) is 22.1. The van der Waals surface area contributed by atoms with Crippen LogP contribution in [0.1, 0.15) is 65.2 Å². The van der Waals surface area contributed by atoms with Crippen LogP contribution in [0.15, 0.2) is 121 Å². The lowest BCUT2D eigenvalue weighted by molar-refractivity contribution is 0.0728. The molecule has 2 aromatic heterocycles. The summed E-state index contributed by atoms with van der Waals surface area (Å²) in [7, 11) is -0.363. The molecular weight excluding hydrogens is 834 g/mol. The first-order valence-electron chi connectivity index (χ1n) is 20.1. The van der Waals surface area contributed by atoms with E-state index in [1.54, 1.807) is 109 Å². The van der Waals surface area contributed by atoms with Crippen LogP contribution in [0.25, 0.3) is 0 Å². The van der Waals surface area contributed by atoms with E-state index in [1.165, 1.54) is 0 Å². The fraction of sp³-hybridized carbons (Fsp3) is 0.234. The van der Waals surface area contributed by atoms with Crippen molar-refractivity contribution < 1.29 is 61.8 Å². The zero-order chi connectivity index (χ0) is 42.7. The molecule has 0 N–H and O–H groups in total. The SMILES string of the molecule is O=C(Oc1ccc(CCCCCOc2ccc(OC(=O)c3ccc(C(=O)Oc4ccc(OCC5CO5)cc4)[pH]3)cc2)cc1)c1ccc(C(=O)Oc2ccc(OCC3CO3)cc2)[pH]1. The molecule has 0 spiro atoms. The van der Waals surface area contributed by atoms with Crippen molar-refractivity contribution in [2.24, 2.45) is 0 Å². The zero-order valence-corrected chi connectivity index (χ0v) is 35.4. The van der Waals surface area contributed by atoms with Gasteiger partial charge < -0.3 is 42.6 Å². The van der Waals surface area contributed by atoms with Gasteiger partial charge in [0.1, 0.15) is 65.7 Å². The van der Waals surface area contributed by atoms with Crippen LogP contribution in [0.2, 0.25) is 0 Å². The number of hydrogen-bond donors (Lipinski definition) is 0. The van der Waals surface area contributed by atoms with Crippen LogP contribution in [0, 0.1) is 0 Å². The lowest BCUT2D eigenvalue weighted by Crippen LogP contribution is -2.07. The van der Waals surface area contributed by atoms with Crippen LogP contribution >= 0.6 is 16.4 Å². The van der Waals surface area contributed by atoms with Gasteiger partial charge in [0.05, 0.1) is 41.0 Å². The largest absolute Gasteiger partial charge is 0.494 e. The number of epoxide rings is 2. The van der Waals surface area contributed by atoms with Crippen molar-refractivity contribution in [1.82, 2.24) is 0 Å². The maximum Gasteiger partial charge on any atom is 0.347 e. The molecule has 6 aromatic rings. The van der Waals surface area contributed by atoms with E-state index >= 15 is 0 Å². The fourth-order valence-electron chi connectivity index (χ4n) is 5.96. The first kappa shape index (κ1) is 42.3. The Bertz CT molecular complexity index is 2280. The Balaban J connectivity index is 0.690. The first-order chi connectivity index (χ1) is 30.3. The van der Waals surface area contributed by atoms with Crippen molar-refractivity contribution in [3.05, 3.63) is 148 Å². The molecule has 4 unspecified atom stereocenters. The van der Waals surface area contributed by atoms with E-state index in [4.69, 9.17) is 42.6 Å². The number of carbonyl (C=O) groups is 4. The standard InChI is InChI=1S/C47H42O13P2/c48-44(40-21-22-42(61-40)46(50)59-36-17-11-32(12-18-36)53-26-38-28-55-38)57-34-7-5-30(6-8-34)4-2-1-3-25-52-31-9-15-35(16-10-31)58-45(49)41-23-24-43(62-41)47(51)60-37-19-13-33(14-20-37)54-27-39-29-56-39/h5-24,38-39,61-62H,1-4,25-29H2. The molecule has 13 nitrogen and oxygen atoms in total. The molecule has 8 rings (SSSR count). The normalized spacial score (nSPS) is 15.2.